The molecular formula is C6H8O2. The van der Waals surface area contributed by atoms with Crippen molar-refractivity contribution in [2.45, 2.75) is 13.3 Å². The van der Waals surface area contributed by atoms with Crippen LogP contribution in [0.4, 0.5) is 0 Å². The van der Waals surface area contributed by atoms with Crippen LogP contribution in [-0.4, -0.2) is 12.6 Å². The summed E-state index contributed by atoms with van der Waals surface area (Å²) in [7, 11) is 0. The van der Waals surface area contributed by atoms with Gasteiger partial charge in [0.1, 0.15) is 0 Å². The monoisotopic (exact) mass is 112 g/mol. The molecule has 2 nitrogen and oxygen atoms in total. The molecule has 0 aromatic heterocycles. The lowest BCUT2D eigenvalue weighted by molar-refractivity contribution is -0.136. The first-order chi connectivity index (χ1) is 3.81. The summed E-state index contributed by atoms with van der Waals surface area (Å²) in [6.45, 7) is 2.33. The third-order valence-corrected chi connectivity index (χ3v) is 0.555. The first-order valence-corrected chi connectivity index (χ1v) is 2.44. The van der Waals surface area contributed by atoms with E-state index in [2.05, 4.69) is 11.2 Å². The maximum Gasteiger partial charge on any atom is 0.384 e. The van der Waals surface area contributed by atoms with Gasteiger partial charge in [-0.1, -0.05) is 6.92 Å². The molecule has 0 bridgehead atoms. The number of hydrogen-bond donors (Lipinski definition) is 0. The molecule has 2 heteroatoms. The maximum atomic E-state index is 10.1. The summed E-state index contributed by atoms with van der Waals surface area (Å²) in [5.74, 6) is 1.26. The number of ether oxygens (including phenoxy) is 1. The van der Waals surface area contributed by atoms with Crippen molar-refractivity contribution in [2.75, 3.05) is 6.61 Å². The van der Waals surface area contributed by atoms with Crippen LogP contribution in [0, 0.1) is 12.3 Å². The van der Waals surface area contributed by atoms with Gasteiger partial charge in [-0.05, 0) is 6.42 Å². The normalized spacial score (nSPS) is 7.50. The smallest absolute Gasteiger partial charge is 0.384 e. The van der Waals surface area contributed by atoms with E-state index in [1.165, 1.54) is 0 Å². The lowest BCUT2D eigenvalue weighted by Gasteiger charge is -1.92. The van der Waals surface area contributed by atoms with Crippen LogP contribution in [0.1, 0.15) is 13.3 Å². The number of terminal acetylenes is 1. The zero-order chi connectivity index (χ0) is 6.41. The highest BCUT2D eigenvalue weighted by Gasteiger charge is 1.90. The minimum Gasteiger partial charge on any atom is -0.456 e. The van der Waals surface area contributed by atoms with E-state index in [4.69, 9.17) is 0 Å². The van der Waals surface area contributed by atoms with Crippen molar-refractivity contribution >= 4 is 5.97 Å². The molecule has 8 heavy (non-hydrogen) atoms. The lowest BCUT2D eigenvalue weighted by Crippen LogP contribution is -2.00. The molecule has 0 unspecified atom stereocenters. The third kappa shape index (κ3) is 3.23. The van der Waals surface area contributed by atoms with E-state index in [-0.39, 0.29) is 0 Å². The molecule has 0 aliphatic carbocycles. The van der Waals surface area contributed by atoms with Crippen molar-refractivity contribution in [2.24, 2.45) is 0 Å². The van der Waals surface area contributed by atoms with Crippen LogP contribution in [0.5, 0.6) is 0 Å². The molecular weight excluding hydrogens is 104 g/mol. The molecule has 0 radical (unpaired) electrons. The summed E-state index contributed by atoms with van der Waals surface area (Å²) in [5.41, 5.74) is 0. The second kappa shape index (κ2) is 4.20. The molecule has 0 aromatic carbocycles. The Balaban J connectivity index is 3.16. The van der Waals surface area contributed by atoms with Crippen LogP contribution in [0.15, 0.2) is 0 Å². The minimum absolute atomic E-state index is 0.420. The summed E-state index contributed by atoms with van der Waals surface area (Å²) in [5, 5.41) is 0. The first kappa shape index (κ1) is 7.03. The van der Waals surface area contributed by atoms with Gasteiger partial charge in [0.05, 0.1) is 6.61 Å². The number of esters is 1. The predicted octanol–water partition coefficient (Wildman–Crippen LogP) is 0.573. The third-order valence-electron chi connectivity index (χ3n) is 0.555. The van der Waals surface area contributed by atoms with Crippen LogP contribution in [0.3, 0.4) is 0 Å². The summed E-state index contributed by atoms with van der Waals surface area (Å²) < 4.78 is 4.47. The van der Waals surface area contributed by atoms with Gasteiger partial charge in [-0.3, -0.25) is 0 Å². The molecule has 0 aliphatic rings. The van der Waals surface area contributed by atoms with Gasteiger partial charge in [0.25, 0.3) is 0 Å². The molecule has 0 N–H and O–H groups in total. The van der Waals surface area contributed by atoms with Crippen molar-refractivity contribution < 1.29 is 9.53 Å². The Labute approximate surface area is 48.8 Å². The fourth-order valence-corrected chi connectivity index (χ4v) is 0.236. The van der Waals surface area contributed by atoms with E-state index in [1.807, 2.05) is 12.8 Å². The molecule has 0 rings (SSSR count). The van der Waals surface area contributed by atoms with Crippen LogP contribution in [0.2, 0.25) is 0 Å². The van der Waals surface area contributed by atoms with Crippen LogP contribution < -0.4 is 0 Å². The zero-order valence-electron chi connectivity index (χ0n) is 4.81. The van der Waals surface area contributed by atoms with Gasteiger partial charge in [-0.15, -0.1) is 6.42 Å². The minimum atomic E-state index is -0.577. The Kier molecular flexibility index (Phi) is 3.69. The van der Waals surface area contributed by atoms with Gasteiger partial charge in [-0.25, -0.2) is 4.79 Å². The van der Waals surface area contributed by atoms with Crippen molar-refractivity contribution in [3.8, 4) is 12.3 Å². The van der Waals surface area contributed by atoms with E-state index in [0.717, 1.165) is 6.42 Å². The zero-order valence-corrected chi connectivity index (χ0v) is 4.81. The average molecular weight is 112 g/mol. The highest BCUT2D eigenvalue weighted by Crippen LogP contribution is 1.78. The highest BCUT2D eigenvalue weighted by atomic mass is 16.5. The van der Waals surface area contributed by atoms with E-state index in [0.29, 0.717) is 6.61 Å². The van der Waals surface area contributed by atoms with Gasteiger partial charge in [0, 0.05) is 5.92 Å². The fraction of sp³-hybridized carbons (Fsp3) is 0.500. The second-order valence-corrected chi connectivity index (χ2v) is 1.28. The van der Waals surface area contributed by atoms with Crippen molar-refractivity contribution in [1.29, 1.82) is 0 Å². The van der Waals surface area contributed by atoms with E-state index >= 15 is 0 Å². The summed E-state index contributed by atoms with van der Waals surface area (Å²) in [4.78, 5) is 10.1. The Bertz CT molecular complexity index is 110. The predicted molar refractivity (Wildman–Crippen MR) is 30.1 cm³/mol. The van der Waals surface area contributed by atoms with Gasteiger partial charge < -0.3 is 4.74 Å². The number of rotatable bonds is 2. The molecule has 0 spiro atoms. The quantitative estimate of drug-likeness (QED) is 0.296. The SMILES string of the molecule is C#CC(=O)OCCC. The second-order valence-electron chi connectivity index (χ2n) is 1.28. The molecule has 0 fully saturated rings. The van der Waals surface area contributed by atoms with E-state index in [9.17, 15) is 4.79 Å². The Morgan fingerprint density at radius 1 is 1.88 bits per heavy atom. The number of carbonyl (C=O) groups is 1. The molecule has 0 aromatic rings. The van der Waals surface area contributed by atoms with Crippen LogP contribution in [-0.2, 0) is 9.53 Å². The number of hydrogen-bond acceptors (Lipinski definition) is 2. The van der Waals surface area contributed by atoms with Crippen molar-refractivity contribution in [1.82, 2.24) is 0 Å². The largest absolute Gasteiger partial charge is 0.456 e. The topological polar surface area (TPSA) is 26.3 Å². The highest BCUT2D eigenvalue weighted by molar-refractivity contribution is 5.87. The molecule has 44 valence electrons. The van der Waals surface area contributed by atoms with Gasteiger partial charge in [0.15, 0.2) is 0 Å². The van der Waals surface area contributed by atoms with Crippen LogP contribution >= 0.6 is 0 Å². The molecule has 0 saturated heterocycles. The maximum absolute atomic E-state index is 10.1. The number of carbonyl (C=O) groups excluding carboxylic acids is 1. The molecule has 0 saturated carbocycles. The van der Waals surface area contributed by atoms with E-state index < -0.39 is 5.97 Å². The van der Waals surface area contributed by atoms with Gasteiger partial charge >= 0.3 is 5.97 Å². The molecule has 0 amide bonds. The lowest BCUT2D eigenvalue weighted by atomic mass is 10.5. The Morgan fingerprint density at radius 2 is 2.50 bits per heavy atom. The molecule has 0 aliphatic heterocycles. The van der Waals surface area contributed by atoms with Crippen molar-refractivity contribution in [3.05, 3.63) is 0 Å². The molecule has 0 atom stereocenters. The summed E-state index contributed by atoms with van der Waals surface area (Å²) in [6, 6.07) is 0. The van der Waals surface area contributed by atoms with Crippen LogP contribution in [0.25, 0.3) is 0 Å². The van der Waals surface area contributed by atoms with Gasteiger partial charge in [0.2, 0.25) is 0 Å². The van der Waals surface area contributed by atoms with Crippen molar-refractivity contribution in [3.63, 3.8) is 0 Å². The summed E-state index contributed by atoms with van der Waals surface area (Å²) >= 11 is 0. The standard InChI is InChI=1S/C6H8O2/c1-3-5-8-6(7)4-2/h2H,3,5H2,1H3. The summed E-state index contributed by atoms with van der Waals surface area (Å²) in [6.07, 6.45) is 5.50. The van der Waals surface area contributed by atoms with Gasteiger partial charge in [-0.2, -0.15) is 0 Å². The fourth-order valence-electron chi connectivity index (χ4n) is 0.236. The first-order valence-electron chi connectivity index (χ1n) is 2.44. The Morgan fingerprint density at radius 3 is 2.88 bits per heavy atom. The Hall–Kier alpha value is -0.970. The van der Waals surface area contributed by atoms with E-state index in [1.54, 1.807) is 0 Å². The molecule has 0 heterocycles. The average Bonchev–Trinajstić information content (AvgIpc) is 1.83.